The van der Waals surface area contributed by atoms with Crippen molar-refractivity contribution in [2.45, 2.75) is 26.4 Å². The Morgan fingerprint density at radius 1 is 1.36 bits per heavy atom. The molecule has 4 heteroatoms. The van der Waals surface area contributed by atoms with Gasteiger partial charge in [-0.3, -0.25) is 0 Å². The maximum Gasteiger partial charge on any atom is 0.138 e. The van der Waals surface area contributed by atoms with Gasteiger partial charge in [0.1, 0.15) is 16.8 Å². The van der Waals surface area contributed by atoms with E-state index in [0.717, 1.165) is 23.2 Å². The lowest BCUT2D eigenvalue weighted by molar-refractivity contribution is 0.217. The van der Waals surface area contributed by atoms with Gasteiger partial charge >= 0.3 is 0 Å². The van der Waals surface area contributed by atoms with E-state index >= 15 is 0 Å². The lowest BCUT2D eigenvalue weighted by atomic mass is 10.3. The summed E-state index contributed by atoms with van der Waals surface area (Å²) in [6.45, 7) is 4.12. The van der Waals surface area contributed by atoms with Crippen molar-refractivity contribution in [2.24, 2.45) is 0 Å². The van der Waals surface area contributed by atoms with Crippen molar-refractivity contribution in [1.82, 2.24) is 10.3 Å². The molecule has 1 heterocycles. The van der Waals surface area contributed by atoms with E-state index < -0.39 is 0 Å². The van der Waals surface area contributed by atoms with Crippen LogP contribution in [0.2, 0.25) is 0 Å². The van der Waals surface area contributed by atoms with Crippen LogP contribution in [0, 0.1) is 0 Å². The van der Waals surface area contributed by atoms with Crippen molar-refractivity contribution >= 4 is 11.0 Å². The van der Waals surface area contributed by atoms with Gasteiger partial charge in [0.05, 0.1) is 6.10 Å². The van der Waals surface area contributed by atoms with Crippen LogP contribution in [0.1, 0.15) is 20.3 Å². The summed E-state index contributed by atoms with van der Waals surface area (Å²) >= 11 is 0. The summed E-state index contributed by atoms with van der Waals surface area (Å²) < 4.78 is 10.2. The van der Waals surface area contributed by atoms with E-state index in [4.69, 9.17) is 4.74 Å². The highest BCUT2D eigenvalue weighted by molar-refractivity contribution is 5.74. The SMILES string of the molecule is CCC(C)Oc1ccc2nonc2c1. The second-order valence-corrected chi connectivity index (χ2v) is 3.25. The quantitative estimate of drug-likeness (QED) is 0.749. The first-order valence-corrected chi connectivity index (χ1v) is 4.68. The van der Waals surface area contributed by atoms with E-state index in [-0.39, 0.29) is 6.10 Å². The molecule has 0 N–H and O–H groups in total. The van der Waals surface area contributed by atoms with E-state index in [2.05, 4.69) is 21.9 Å². The molecule has 0 saturated heterocycles. The van der Waals surface area contributed by atoms with Gasteiger partial charge in [-0.05, 0) is 35.8 Å². The van der Waals surface area contributed by atoms with Crippen molar-refractivity contribution in [3.05, 3.63) is 18.2 Å². The molecule has 1 unspecified atom stereocenters. The standard InChI is InChI=1S/C10H12N2O2/c1-3-7(2)13-8-4-5-9-10(6-8)12-14-11-9/h4-7H,3H2,1-2H3. The summed E-state index contributed by atoms with van der Waals surface area (Å²) in [6, 6.07) is 5.54. The van der Waals surface area contributed by atoms with Crippen LogP contribution < -0.4 is 4.74 Å². The molecule has 0 aliphatic rings. The Morgan fingerprint density at radius 3 is 2.93 bits per heavy atom. The summed E-state index contributed by atoms with van der Waals surface area (Å²) in [6.07, 6.45) is 1.20. The third-order valence-corrected chi connectivity index (χ3v) is 2.14. The van der Waals surface area contributed by atoms with Gasteiger partial charge in [-0.1, -0.05) is 6.92 Å². The van der Waals surface area contributed by atoms with Gasteiger partial charge in [0, 0.05) is 6.07 Å². The number of nitrogens with zero attached hydrogens (tertiary/aromatic N) is 2. The van der Waals surface area contributed by atoms with Gasteiger partial charge in [-0.2, -0.15) is 0 Å². The second-order valence-electron chi connectivity index (χ2n) is 3.25. The Morgan fingerprint density at radius 2 is 2.14 bits per heavy atom. The summed E-state index contributed by atoms with van der Waals surface area (Å²) in [4.78, 5) is 0. The van der Waals surface area contributed by atoms with Crippen LogP contribution >= 0.6 is 0 Å². The van der Waals surface area contributed by atoms with Crippen LogP contribution in [0.3, 0.4) is 0 Å². The molecule has 0 spiro atoms. The first kappa shape index (κ1) is 8.99. The fourth-order valence-electron chi connectivity index (χ4n) is 1.15. The minimum atomic E-state index is 0.215. The van der Waals surface area contributed by atoms with Gasteiger partial charge in [-0.15, -0.1) is 0 Å². The van der Waals surface area contributed by atoms with E-state index in [1.807, 2.05) is 25.1 Å². The van der Waals surface area contributed by atoms with Gasteiger partial charge < -0.3 is 4.74 Å². The Kier molecular flexibility index (Phi) is 2.35. The first-order valence-electron chi connectivity index (χ1n) is 4.68. The van der Waals surface area contributed by atoms with Crippen molar-refractivity contribution in [3.63, 3.8) is 0 Å². The highest BCUT2D eigenvalue weighted by Crippen LogP contribution is 2.19. The average Bonchev–Trinajstić information content (AvgIpc) is 2.64. The van der Waals surface area contributed by atoms with Crippen molar-refractivity contribution in [2.75, 3.05) is 0 Å². The third-order valence-electron chi connectivity index (χ3n) is 2.14. The fourth-order valence-corrected chi connectivity index (χ4v) is 1.15. The largest absolute Gasteiger partial charge is 0.491 e. The van der Waals surface area contributed by atoms with Crippen molar-refractivity contribution in [3.8, 4) is 5.75 Å². The molecule has 1 aromatic carbocycles. The predicted molar refractivity (Wildman–Crippen MR) is 52.2 cm³/mol. The average molecular weight is 192 g/mol. The summed E-state index contributed by atoms with van der Waals surface area (Å²) in [7, 11) is 0. The maximum absolute atomic E-state index is 5.63. The zero-order valence-electron chi connectivity index (χ0n) is 8.23. The maximum atomic E-state index is 5.63. The van der Waals surface area contributed by atoms with Crippen LogP contribution in [0.4, 0.5) is 0 Å². The van der Waals surface area contributed by atoms with Crippen LogP contribution in [0.25, 0.3) is 11.0 Å². The lowest BCUT2D eigenvalue weighted by Crippen LogP contribution is -2.09. The molecule has 1 atom stereocenters. The monoisotopic (exact) mass is 192 g/mol. The third kappa shape index (κ3) is 1.69. The topological polar surface area (TPSA) is 48.2 Å². The number of hydrogen-bond donors (Lipinski definition) is 0. The first-order chi connectivity index (χ1) is 6.79. The molecule has 2 aromatic rings. The molecule has 0 bridgehead atoms. The molecule has 0 fully saturated rings. The lowest BCUT2D eigenvalue weighted by Gasteiger charge is -2.11. The number of fused-ring (bicyclic) bond motifs is 1. The van der Waals surface area contributed by atoms with Gasteiger partial charge in [0.15, 0.2) is 0 Å². The zero-order valence-corrected chi connectivity index (χ0v) is 8.23. The molecule has 74 valence electrons. The highest BCUT2D eigenvalue weighted by Gasteiger charge is 2.04. The molecule has 0 saturated carbocycles. The molecule has 14 heavy (non-hydrogen) atoms. The number of aromatic nitrogens is 2. The van der Waals surface area contributed by atoms with Crippen LogP contribution in [0.5, 0.6) is 5.75 Å². The minimum Gasteiger partial charge on any atom is -0.491 e. The van der Waals surface area contributed by atoms with Crippen LogP contribution in [0.15, 0.2) is 22.8 Å². The smallest absolute Gasteiger partial charge is 0.138 e. The second kappa shape index (κ2) is 3.65. The van der Waals surface area contributed by atoms with Crippen molar-refractivity contribution in [1.29, 1.82) is 0 Å². The number of rotatable bonds is 3. The van der Waals surface area contributed by atoms with Crippen LogP contribution in [-0.4, -0.2) is 16.4 Å². The molecule has 0 amide bonds. The molecule has 0 aliphatic carbocycles. The molecule has 0 radical (unpaired) electrons. The number of benzene rings is 1. The predicted octanol–water partition coefficient (Wildman–Crippen LogP) is 2.40. The Hall–Kier alpha value is -1.58. The summed E-state index contributed by atoms with van der Waals surface area (Å²) in [5.41, 5.74) is 1.48. The number of hydrogen-bond acceptors (Lipinski definition) is 4. The molecule has 4 nitrogen and oxygen atoms in total. The Balaban J connectivity index is 2.25. The Labute approximate surface area is 81.8 Å². The van der Waals surface area contributed by atoms with Gasteiger partial charge in [-0.25, -0.2) is 4.63 Å². The minimum absolute atomic E-state index is 0.215. The number of ether oxygens (including phenoxy) is 1. The van der Waals surface area contributed by atoms with Gasteiger partial charge in [0.2, 0.25) is 0 Å². The summed E-state index contributed by atoms with van der Waals surface area (Å²) in [5.74, 6) is 0.808. The zero-order chi connectivity index (χ0) is 9.97. The van der Waals surface area contributed by atoms with Gasteiger partial charge in [0.25, 0.3) is 0 Å². The van der Waals surface area contributed by atoms with E-state index in [1.54, 1.807) is 0 Å². The van der Waals surface area contributed by atoms with Crippen LogP contribution in [-0.2, 0) is 0 Å². The molecule has 0 aliphatic heterocycles. The molecule has 1 aromatic heterocycles. The Bertz CT molecular complexity index is 425. The van der Waals surface area contributed by atoms with E-state index in [0.29, 0.717) is 0 Å². The molecular weight excluding hydrogens is 180 g/mol. The normalized spacial score (nSPS) is 13.0. The highest BCUT2D eigenvalue weighted by atomic mass is 16.6. The molecule has 2 rings (SSSR count). The fraction of sp³-hybridized carbons (Fsp3) is 0.400. The van der Waals surface area contributed by atoms with E-state index in [1.165, 1.54) is 0 Å². The van der Waals surface area contributed by atoms with Crippen molar-refractivity contribution < 1.29 is 9.37 Å². The summed E-state index contributed by atoms with van der Waals surface area (Å²) in [5, 5.41) is 7.46. The van der Waals surface area contributed by atoms with E-state index in [9.17, 15) is 0 Å². The molecular formula is C10H12N2O2.